The van der Waals surface area contributed by atoms with Gasteiger partial charge in [0.2, 0.25) is 0 Å². The van der Waals surface area contributed by atoms with Gasteiger partial charge in [0.15, 0.2) is 5.96 Å². The zero-order chi connectivity index (χ0) is 7.40. The van der Waals surface area contributed by atoms with Crippen molar-refractivity contribution >= 4 is 5.96 Å². The van der Waals surface area contributed by atoms with Crippen molar-refractivity contribution < 1.29 is 0 Å². The SMILES string of the molecule is CN=C1NCCC(CN)N1. The van der Waals surface area contributed by atoms with Crippen LogP contribution in [0.5, 0.6) is 0 Å². The van der Waals surface area contributed by atoms with E-state index in [2.05, 4.69) is 15.6 Å². The summed E-state index contributed by atoms with van der Waals surface area (Å²) >= 11 is 0. The summed E-state index contributed by atoms with van der Waals surface area (Å²) in [4.78, 5) is 3.98. The molecule has 0 aromatic rings. The van der Waals surface area contributed by atoms with Gasteiger partial charge in [-0.15, -0.1) is 0 Å². The van der Waals surface area contributed by atoms with E-state index in [4.69, 9.17) is 5.73 Å². The van der Waals surface area contributed by atoms with Crippen molar-refractivity contribution in [1.82, 2.24) is 10.6 Å². The Labute approximate surface area is 60.9 Å². The van der Waals surface area contributed by atoms with Gasteiger partial charge in [-0.25, -0.2) is 0 Å². The molecule has 0 spiro atoms. The maximum absolute atomic E-state index is 5.47. The highest BCUT2D eigenvalue weighted by atomic mass is 15.2. The van der Waals surface area contributed by atoms with E-state index in [0.29, 0.717) is 12.6 Å². The molecule has 1 unspecified atom stereocenters. The Hall–Kier alpha value is -0.770. The first kappa shape index (κ1) is 7.34. The van der Waals surface area contributed by atoms with Crippen molar-refractivity contribution in [2.75, 3.05) is 20.1 Å². The van der Waals surface area contributed by atoms with Crippen LogP contribution in [0.15, 0.2) is 4.99 Å². The second kappa shape index (κ2) is 3.41. The molecule has 4 heteroatoms. The molecule has 4 nitrogen and oxygen atoms in total. The quantitative estimate of drug-likeness (QED) is 0.434. The molecule has 0 amide bonds. The molecule has 1 saturated heterocycles. The van der Waals surface area contributed by atoms with E-state index in [1.165, 1.54) is 0 Å². The standard InChI is InChI=1S/C6H14N4/c1-8-6-9-3-2-5(4-7)10-6/h5H,2-4,7H2,1H3,(H2,8,9,10). The minimum atomic E-state index is 0.403. The van der Waals surface area contributed by atoms with Gasteiger partial charge in [0.05, 0.1) is 0 Å². The van der Waals surface area contributed by atoms with Gasteiger partial charge in [-0.3, -0.25) is 4.99 Å². The zero-order valence-corrected chi connectivity index (χ0v) is 6.22. The van der Waals surface area contributed by atoms with Crippen molar-refractivity contribution in [3.05, 3.63) is 0 Å². The summed E-state index contributed by atoms with van der Waals surface area (Å²) in [5.41, 5.74) is 5.47. The van der Waals surface area contributed by atoms with Gasteiger partial charge in [-0.05, 0) is 6.42 Å². The van der Waals surface area contributed by atoms with Crippen LogP contribution in [0.4, 0.5) is 0 Å². The smallest absolute Gasteiger partial charge is 0.191 e. The lowest BCUT2D eigenvalue weighted by Gasteiger charge is -2.25. The van der Waals surface area contributed by atoms with Gasteiger partial charge < -0.3 is 16.4 Å². The highest BCUT2D eigenvalue weighted by Gasteiger charge is 2.12. The van der Waals surface area contributed by atoms with Gasteiger partial charge in [0.1, 0.15) is 0 Å². The molecule has 0 aliphatic carbocycles. The third-order valence-electron chi connectivity index (χ3n) is 1.63. The predicted molar refractivity (Wildman–Crippen MR) is 42.0 cm³/mol. The molecule has 1 aliphatic rings. The Morgan fingerprint density at radius 1 is 1.80 bits per heavy atom. The maximum atomic E-state index is 5.47. The Morgan fingerprint density at radius 2 is 2.60 bits per heavy atom. The molecule has 4 N–H and O–H groups in total. The molecule has 0 bridgehead atoms. The number of hydrogen-bond acceptors (Lipinski definition) is 2. The molecule has 10 heavy (non-hydrogen) atoms. The lowest BCUT2D eigenvalue weighted by molar-refractivity contribution is 0.515. The van der Waals surface area contributed by atoms with Crippen LogP contribution >= 0.6 is 0 Å². The largest absolute Gasteiger partial charge is 0.356 e. The fraction of sp³-hybridized carbons (Fsp3) is 0.833. The Balaban J connectivity index is 2.39. The van der Waals surface area contributed by atoms with E-state index in [1.807, 2.05) is 0 Å². The average Bonchev–Trinajstić information content (AvgIpc) is 2.05. The van der Waals surface area contributed by atoms with Gasteiger partial charge >= 0.3 is 0 Å². The lowest BCUT2D eigenvalue weighted by atomic mass is 10.2. The minimum Gasteiger partial charge on any atom is -0.356 e. The summed E-state index contributed by atoms with van der Waals surface area (Å²) in [6.07, 6.45) is 1.08. The Bertz CT molecular complexity index is 132. The molecular weight excluding hydrogens is 128 g/mol. The molecule has 0 saturated carbocycles. The summed E-state index contributed by atoms with van der Waals surface area (Å²) in [6, 6.07) is 0.403. The van der Waals surface area contributed by atoms with Crippen LogP contribution in [0.2, 0.25) is 0 Å². The van der Waals surface area contributed by atoms with Gasteiger partial charge in [-0.2, -0.15) is 0 Å². The molecule has 1 aliphatic heterocycles. The summed E-state index contributed by atoms with van der Waals surface area (Å²) < 4.78 is 0. The highest BCUT2D eigenvalue weighted by molar-refractivity contribution is 5.80. The van der Waals surface area contributed by atoms with Crippen LogP contribution in [-0.2, 0) is 0 Å². The van der Waals surface area contributed by atoms with Crippen molar-refractivity contribution in [3.8, 4) is 0 Å². The van der Waals surface area contributed by atoms with Gasteiger partial charge in [-0.1, -0.05) is 0 Å². The van der Waals surface area contributed by atoms with Crippen molar-refractivity contribution in [2.24, 2.45) is 10.7 Å². The number of nitrogens with zero attached hydrogens (tertiary/aromatic N) is 1. The number of rotatable bonds is 1. The molecule has 1 atom stereocenters. The lowest BCUT2D eigenvalue weighted by Crippen LogP contribution is -2.52. The maximum Gasteiger partial charge on any atom is 0.191 e. The van der Waals surface area contributed by atoms with Crippen molar-refractivity contribution in [3.63, 3.8) is 0 Å². The molecule has 0 aromatic carbocycles. The van der Waals surface area contributed by atoms with E-state index in [1.54, 1.807) is 7.05 Å². The molecule has 1 rings (SSSR count). The summed E-state index contributed by atoms with van der Waals surface area (Å²) in [7, 11) is 1.76. The number of guanidine groups is 1. The first-order valence-electron chi connectivity index (χ1n) is 3.54. The Kier molecular flexibility index (Phi) is 2.50. The van der Waals surface area contributed by atoms with Crippen molar-refractivity contribution in [2.45, 2.75) is 12.5 Å². The van der Waals surface area contributed by atoms with Crippen LogP contribution in [-0.4, -0.2) is 32.1 Å². The molecule has 0 radical (unpaired) electrons. The first-order chi connectivity index (χ1) is 4.86. The number of aliphatic imine (C=N–C) groups is 1. The fourth-order valence-electron chi connectivity index (χ4n) is 1.00. The van der Waals surface area contributed by atoms with E-state index in [-0.39, 0.29) is 0 Å². The van der Waals surface area contributed by atoms with Gasteiger partial charge in [0.25, 0.3) is 0 Å². The minimum absolute atomic E-state index is 0.403. The van der Waals surface area contributed by atoms with Crippen molar-refractivity contribution in [1.29, 1.82) is 0 Å². The van der Waals surface area contributed by atoms with Crippen LogP contribution < -0.4 is 16.4 Å². The third-order valence-corrected chi connectivity index (χ3v) is 1.63. The molecular formula is C6H14N4. The molecule has 0 aromatic heterocycles. The predicted octanol–water partition coefficient (Wildman–Crippen LogP) is -1.12. The summed E-state index contributed by atoms with van der Waals surface area (Å²) in [6.45, 7) is 1.65. The van der Waals surface area contributed by atoms with E-state index in [9.17, 15) is 0 Å². The third kappa shape index (κ3) is 1.60. The molecule has 58 valence electrons. The monoisotopic (exact) mass is 142 g/mol. The number of nitrogens with two attached hydrogens (primary N) is 1. The van der Waals surface area contributed by atoms with Crippen LogP contribution in [0.1, 0.15) is 6.42 Å². The Morgan fingerprint density at radius 3 is 3.20 bits per heavy atom. The number of hydrogen-bond donors (Lipinski definition) is 3. The van der Waals surface area contributed by atoms with E-state index < -0.39 is 0 Å². The fourth-order valence-corrected chi connectivity index (χ4v) is 1.00. The second-order valence-corrected chi connectivity index (χ2v) is 2.36. The molecule has 1 heterocycles. The molecule has 1 fully saturated rings. The van der Waals surface area contributed by atoms with Crippen LogP contribution in [0.3, 0.4) is 0 Å². The van der Waals surface area contributed by atoms with Crippen LogP contribution in [0, 0.1) is 0 Å². The average molecular weight is 142 g/mol. The van der Waals surface area contributed by atoms with Crippen LogP contribution in [0.25, 0.3) is 0 Å². The normalized spacial score (nSPS) is 29.4. The summed E-state index contributed by atoms with van der Waals surface area (Å²) in [5.74, 6) is 0.863. The topological polar surface area (TPSA) is 62.4 Å². The van der Waals surface area contributed by atoms with E-state index >= 15 is 0 Å². The second-order valence-electron chi connectivity index (χ2n) is 2.36. The number of nitrogens with one attached hydrogen (secondary N) is 2. The van der Waals surface area contributed by atoms with Gasteiger partial charge in [0, 0.05) is 26.2 Å². The summed E-state index contributed by atoms with van der Waals surface area (Å²) in [5, 5.41) is 6.28. The zero-order valence-electron chi connectivity index (χ0n) is 6.22. The highest BCUT2D eigenvalue weighted by Crippen LogP contribution is 1.92. The van der Waals surface area contributed by atoms with E-state index in [0.717, 1.165) is 18.9 Å². The first-order valence-corrected chi connectivity index (χ1v) is 3.54.